The number of hydrazine groups is 1. The molecule has 2 aromatic heterocycles. The number of thioether (sulfide) groups is 1. The second kappa shape index (κ2) is 5.98. The van der Waals surface area contributed by atoms with Gasteiger partial charge in [0.2, 0.25) is 0 Å². The number of nitrogen functional groups attached to an aromatic ring is 1. The first-order valence-electron chi connectivity index (χ1n) is 5.26. The Morgan fingerprint density at radius 1 is 1.67 bits per heavy atom. The van der Waals surface area contributed by atoms with Crippen molar-refractivity contribution in [3.63, 3.8) is 0 Å². The molecule has 0 aliphatic rings. The topological polar surface area (TPSA) is 94.0 Å². The molecule has 1 amide bonds. The van der Waals surface area contributed by atoms with Gasteiger partial charge in [0.15, 0.2) is 4.34 Å². The van der Waals surface area contributed by atoms with E-state index in [2.05, 4.69) is 14.8 Å². The van der Waals surface area contributed by atoms with Gasteiger partial charge in [0.1, 0.15) is 17.8 Å². The number of carbonyl (C=O) groups is 1. The van der Waals surface area contributed by atoms with Gasteiger partial charge in [0.25, 0.3) is 5.91 Å². The van der Waals surface area contributed by atoms with E-state index in [0.717, 1.165) is 16.6 Å². The lowest BCUT2D eigenvalue weighted by molar-refractivity contribution is 0.0953. The molecular weight excluding hydrogens is 272 g/mol. The largest absolute Gasteiger partial charge is 0.468 e. The fourth-order valence-electron chi connectivity index (χ4n) is 1.23. The third-order valence-electron chi connectivity index (χ3n) is 2.15. The van der Waals surface area contributed by atoms with Crippen LogP contribution in [0.2, 0.25) is 0 Å². The average Bonchev–Trinajstić information content (AvgIpc) is 3.04. The third-order valence-corrected chi connectivity index (χ3v) is 4.04. The number of nitrogens with zero attached hydrogens (tertiary/aromatic N) is 2. The maximum Gasteiger partial charge on any atom is 0.268 e. The van der Waals surface area contributed by atoms with Crippen LogP contribution in [0.4, 0.5) is 0 Å². The minimum Gasteiger partial charge on any atom is -0.468 e. The molecule has 8 heteroatoms. The summed E-state index contributed by atoms with van der Waals surface area (Å²) < 4.78 is 10.4. The van der Waals surface area contributed by atoms with E-state index in [4.69, 9.17) is 10.3 Å². The van der Waals surface area contributed by atoms with E-state index < -0.39 is 0 Å². The van der Waals surface area contributed by atoms with Gasteiger partial charge < -0.3 is 4.42 Å². The van der Waals surface area contributed by atoms with Crippen molar-refractivity contribution in [2.24, 2.45) is 5.84 Å². The van der Waals surface area contributed by atoms with E-state index in [1.54, 1.807) is 6.07 Å². The molecule has 3 N–H and O–H groups in total. The van der Waals surface area contributed by atoms with E-state index in [-0.39, 0.29) is 5.91 Å². The quantitative estimate of drug-likeness (QED) is 0.375. The van der Waals surface area contributed by atoms with Crippen molar-refractivity contribution in [3.05, 3.63) is 29.5 Å². The molecule has 2 heterocycles. The number of hydrogen-bond donors (Lipinski definition) is 2. The molecule has 0 saturated heterocycles. The van der Waals surface area contributed by atoms with Crippen LogP contribution in [0.5, 0.6) is 0 Å². The highest BCUT2D eigenvalue weighted by molar-refractivity contribution is 8.00. The van der Waals surface area contributed by atoms with E-state index in [0.29, 0.717) is 17.1 Å². The summed E-state index contributed by atoms with van der Waals surface area (Å²) in [7, 11) is 0. The number of amides is 1. The maximum absolute atomic E-state index is 11.2. The van der Waals surface area contributed by atoms with Crippen LogP contribution in [0.15, 0.2) is 21.1 Å². The van der Waals surface area contributed by atoms with E-state index >= 15 is 0 Å². The molecule has 0 aliphatic heterocycles. The number of aryl methyl sites for hydroxylation is 1. The Balaban J connectivity index is 1.93. The summed E-state index contributed by atoms with van der Waals surface area (Å²) in [6.45, 7) is 2.01. The summed E-state index contributed by atoms with van der Waals surface area (Å²) in [5, 5.41) is 0. The molecule has 0 aliphatic carbocycles. The minimum absolute atomic E-state index is 0.362. The van der Waals surface area contributed by atoms with E-state index in [1.165, 1.54) is 29.6 Å². The van der Waals surface area contributed by atoms with E-state index in [1.807, 2.05) is 6.92 Å². The lowest BCUT2D eigenvalue weighted by Gasteiger charge is -1.92. The van der Waals surface area contributed by atoms with Gasteiger partial charge in [0.05, 0.1) is 11.3 Å². The predicted molar refractivity (Wildman–Crippen MR) is 69.2 cm³/mol. The molecular formula is C10H12N4O2S2. The Kier molecular flexibility index (Phi) is 4.34. The number of carbonyl (C=O) groups excluding carboxylic acids is 1. The smallest absolute Gasteiger partial charge is 0.268 e. The fourth-order valence-corrected chi connectivity index (χ4v) is 2.82. The predicted octanol–water partition coefficient (Wildman–Crippen LogP) is 1.59. The van der Waals surface area contributed by atoms with Gasteiger partial charge in [-0.2, -0.15) is 4.37 Å². The van der Waals surface area contributed by atoms with Gasteiger partial charge in [-0.1, -0.05) is 18.7 Å². The van der Waals surface area contributed by atoms with Crippen LogP contribution in [0.25, 0.3) is 0 Å². The molecule has 0 radical (unpaired) electrons. The molecule has 0 bridgehead atoms. The highest BCUT2D eigenvalue weighted by Crippen LogP contribution is 2.25. The Labute approximate surface area is 112 Å². The average molecular weight is 284 g/mol. The molecule has 0 spiro atoms. The van der Waals surface area contributed by atoms with E-state index in [9.17, 15) is 4.79 Å². The van der Waals surface area contributed by atoms with Crippen molar-refractivity contribution in [3.8, 4) is 0 Å². The van der Waals surface area contributed by atoms with Crippen LogP contribution in [-0.4, -0.2) is 15.3 Å². The van der Waals surface area contributed by atoms with Gasteiger partial charge >= 0.3 is 0 Å². The summed E-state index contributed by atoms with van der Waals surface area (Å²) in [5.41, 5.74) is 2.47. The third kappa shape index (κ3) is 3.09. The number of nitrogens with two attached hydrogens (primary N) is 1. The monoisotopic (exact) mass is 284 g/mol. The molecule has 96 valence electrons. The van der Waals surface area contributed by atoms with Gasteiger partial charge in [-0.3, -0.25) is 10.2 Å². The number of rotatable bonds is 5. The SMILES string of the molecule is CCc1nsc(SCc2cc(C(=O)NN)co2)n1. The highest BCUT2D eigenvalue weighted by atomic mass is 32.2. The van der Waals surface area contributed by atoms with Gasteiger partial charge in [0, 0.05) is 6.42 Å². The van der Waals surface area contributed by atoms with Gasteiger partial charge in [-0.05, 0) is 17.6 Å². The Bertz CT molecular complexity index is 537. The first kappa shape index (κ1) is 13.1. The maximum atomic E-state index is 11.2. The molecule has 0 aromatic carbocycles. The first-order valence-corrected chi connectivity index (χ1v) is 7.02. The van der Waals surface area contributed by atoms with Gasteiger partial charge in [-0.25, -0.2) is 10.8 Å². The number of hydrogen-bond acceptors (Lipinski definition) is 7. The standard InChI is InChI=1S/C10H12N4O2S2/c1-2-8-12-10(18-14-8)17-5-7-3-6(4-16-7)9(15)13-11/h3-4H,2,5,11H2,1H3,(H,13,15). The lowest BCUT2D eigenvalue weighted by Crippen LogP contribution is -2.29. The molecule has 2 rings (SSSR count). The minimum atomic E-state index is -0.362. The molecule has 2 aromatic rings. The van der Waals surface area contributed by atoms with Crippen LogP contribution in [0.1, 0.15) is 28.9 Å². The molecule has 0 atom stereocenters. The van der Waals surface area contributed by atoms with Crippen LogP contribution >= 0.6 is 23.3 Å². The second-order valence-corrected chi connectivity index (χ2v) is 5.37. The molecule has 0 fully saturated rings. The van der Waals surface area contributed by atoms with Crippen LogP contribution < -0.4 is 11.3 Å². The zero-order valence-electron chi connectivity index (χ0n) is 9.67. The molecule has 0 saturated carbocycles. The Hall–Kier alpha value is -1.38. The lowest BCUT2D eigenvalue weighted by atomic mass is 10.3. The Morgan fingerprint density at radius 3 is 3.17 bits per heavy atom. The number of furan rings is 1. The van der Waals surface area contributed by atoms with Crippen molar-refractivity contribution in [2.45, 2.75) is 23.4 Å². The van der Waals surface area contributed by atoms with Crippen molar-refractivity contribution in [1.29, 1.82) is 0 Å². The fraction of sp³-hybridized carbons (Fsp3) is 0.300. The Morgan fingerprint density at radius 2 is 2.50 bits per heavy atom. The summed E-state index contributed by atoms with van der Waals surface area (Å²) in [4.78, 5) is 15.6. The summed E-state index contributed by atoms with van der Waals surface area (Å²) >= 11 is 2.90. The molecule has 18 heavy (non-hydrogen) atoms. The highest BCUT2D eigenvalue weighted by Gasteiger charge is 2.10. The first-order chi connectivity index (χ1) is 8.72. The van der Waals surface area contributed by atoms with Crippen molar-refractivity contribution in [2.75, 3.05) is 0 Å². The van der Waals surface area contributed by atoms with Crippen molar-refractivity contribution < 1.29 is 9.21 Å². The number of nitrogens with one attached hydrogen (secondary N) is 1. The van der Waals surface area contributed by atoms with Crippen molar-refractivity contribution in [1.82, 2.24) is 14.8 Å². The normalized spacial score (nSPS) is 10.6. The van der Waals surface area contributed by atoms with Crippen LogP contribution in [0.3, 0.4) is 0 Å². The number of aromatic nitrogens is 2. The summed E-state index contributed by atoms with van der Waals surface area (Å²) in [5.74, 6) is 6.83. The second-order valence-electron chi connectivity index (χ2n) is 3.39. The molecule has 6 nitrogen and oxygen atoms in total. The molecule has 0 unspecified atom stereocenters. The van der Waals surface area contributed by atoms with Crippen molar-refractivity contribution >= 4 is 29.2 Å². The summed E-state index contributed by atoms with van der Waals surface area (Å²) in [6, 6.07) is 1.66. The summed E-state index contributed by atoms with van der Waals surface area (Å²) in [6.07, 6.45) is 2.22. The zero-order chi connectivity index (χ0) is 13.0. The van der Waals surface area contributed by atoms with Crippen LogP contribution in [0, 0.1) is 0 Å². The zero-order valence-corrected chi connectivity index (χ0v) is 11.3. The van der Waals surface area contributed by atoms with Gasteiger partial charge in [-0.15, -0.1) is 0 Å². The van der Waals surface area contributed by atoms with Crippen LogP contribution in [-0.2, 0) is 12.2 Å².